The topological polar surface area (TPSA) is 80.6 Å². The van der Waals surface area contributed by atoms with Gasteiger partial charge in [-0.2, -0.15) is 0 Å². The number of amides is 1. The van der Waals surface area contributed by atoms with Gasteiger partial charge in [-0.05, 0) is 37.1 Å². The largest absolute Gasteiger partial charge is 0.508 e. The first kappa shape index (κ1) is 16.6. The third kappa shape index (κ3) is 4.60. The fourth-order valence-electron chi connectivity index (χ4n) is 2.25. The minimum Gasteiger partial charge on any atom is -0.508 e. The van der Waals surface area contributed by atoms with E-state index in [1.165, 1.54) is 10.6 Å². The Balaban J connectivity index is 1.87. The molecule has 0 bridgehead atoms. The van der Waals surface area contributed by atoms with Crippen molar-refractivity contribution in [1.82, 2.24) is 9.88 Å². The molecule has 0 aliphatic rings. The van der Waals surface area contributed by atoms with Crippen LogP contribution >= 0.6 is 0 Å². The van der Waals surface area contributed by atoms with Crippen LogP contribution in [0.4, 0.5) is 0 Å². The van der Waals surface area contributed by atoms with Gasteiger partial charge in [0, 0.05) is 18.3 Å². The highest BCUT2D eigenvalue weighted by Gasteiger charge is 2.08. The highest BCUT2D eigenvalue weighted by molar-refractivity contribution is 5.75. The summed E-state index contributed by atoms with van der Waals surface area (Å²) >= 11 is 0. The van der Waals surface area contributed by atoms with Crippen molar-refractivity contribution in [2.24, 2.45) is 0 Å². The number of rotatable bonds is 6. The third-order valence-corrected chi connectivity index (χ3v) is 3.52. The summed E-state index contributed by atoms with van der Waals surface area (Å²) in [5.74, 6) is 0.457. The number of benzene rings is 1. The zero-order valence-electron chi connectivity index (χ0n) is 13.2. The monoisotopic (exact) mass is 316 g/mol. The summed E-state index contributed by atoms with van der Waals surface area (Å²) in [6.07, 6.45) is 0.694. The van der Waals surface area contributed by atoms with E-state index in [1.54, 1.807) is 14.0 Å². The Morgan fingerprint density at radius 3 is 2.57 bits per heavy atom. The lowest BCUT2D eigenvalue weighted by Gasteiger charge is -2.10. The lowest BCUT2D eigenvalue weighted by atomic mass is 10.1. The average Bonchev–Trinajstić information content (AvgIpc) is 2.51. The molecule has 0 radical (unpaired) electrons. The Morgan fingerprint density at radius 1 is 1.26 bits per heavy atom. The van der Waals surface area contributed by atoms with E-state index >= 15 is 0 Å². The third-order valence-electron chi connectivity index (χ3n) is 3.52. The zero-order valence-corrected chi connectivity index (χ0v) is 13.2. The molecular formula is C17H20N2O4. The molecule has 1 aromatic carbocycles. The van der Waals surface area contributed by atoms with Crippen molar-refractivity contribution in [3.8, 4) is 11.5 Å². The Hall–Kier alpha value is -2.76. The second-order valence-corrected chi connectivity index (χ2v) is 5.23. The van der Waals surface area contributed by atoms with Gasteiger partial charge in [-0.25, -0.2) is 0 Å². The molecule has 6 nitrogen and oxygen atoms in total. The van der Waals surface area contributed by atoms with Crippen LogP contribution in [0.3, 0.4) is 0 Å². The van der Waals surface area contributed by atoms with Gasteiger partial charge in [-0.15, -0.1) is 0 Å². The first-order valence-corrected chi connectivity index (χ1v) is 7.29. The Bertz CT molecular complexity index is 735. The summed E-state index contributed by atoms with van der Waals surface area (Å²) in [5, 5.41) is 12.1. The van der Waals surface area contributed by atoms with Crippen LogP contribution in [0.25, 0.3) is 0 Å². The Kier molecular flexibility index (Phi) is 5.41. The van der Waals surface area contributed by atoms with E-state index < -0.39 is 5.56 Å². The molecule has 0 aliphatic heterocycles. The van der Waals surface area contributed by atoms with E-state index in [9.17, 15) is 14.7 Å². The molecule has 0 fully saturated rings. The maximum Gasteiger partial charge on any atom is 0.254 e. The number of pyridine rings is 1. The minimum absolute atomic E-state index is 0.0619. The summed E-state index contributed by atoms with van der Waals surface area (Å²) in [4.78, 5) is 23.7. The van der Waals surface area contributed by atoms with Crippen molar-refractivity contribution in [3.63, 3.8) is 0 Å². The lowest BCUT2D eigenvalue weighted by Crippen LogP contribution is -2.34. The predicted molar refractivity (Wildman–Crippen MR) is 86.8 cm³/mol. The minimum atomic E-state index is -0.396. The fraction of sp³-hybridized carbons (Fsp3) is 0.294. The van der Waals surface area contributed by atoms with Gasteiger partial charge in [0.25, 0.3) is 5.56 Å². The summed E-state index contributed by atoms with van der Waals surface area (Å²) in [7, 11) is 1.61. The van der Waals surface area contributed by atoms with Gasteiger partial charge < -0.3 is 19.7 Å². The van der Waals surface area contributed by atoms with Gasteiger partial charge in [0.05, 0.1) is 7.11 Å². The summed E-state index contributed by atoms with van der Waals surface area (Å²) in [5.41, 5.74) is 1.23. The molecule has 0 atom stereocenters. The molecule has 6 heteroatoms. The van der Waals surface area contributed by atoms with Gasteiger partial charge in [0.2, 0.25) is 5.91 Å². The molecule has 0 unspecified atom stereocenters. The first-order valence-electron chi connectivity index (χ1n) is 7.29. The number of nitrogens with one attached hydrogen (secondary N) is 1. The number of methoxy groups -OCH3 is 1. The second-order valence-electron chi connectivity index (χ2n) is 5.23. The summed E-state index contributed by atoms with van der Waals surface area (Å²) in [6, 6.07) is 10.2. The number of hydrogen-bond donors (Lipinski definition) is 2. The van der Waals surface area contributed by atoms with E-state index in [-0.39, 0.29) is 18.2 Å². The van der Waals surface area contributed by atoms with Crippen LogP contribution in [-0.4, -0.2) is 29.2 Å². The lowest BCUT2D eigenvalue weighted by molar-refractivity contribution is -0.121. The summed E-state index contributed by atoms with van der Waals surface area (Å²) < 4.78 is 6.41. The molecule has 1 aromatic heterocycles. The second kappa shape index (κ2) is 7.49. The number of hydrogen-bond acceptors (Lipinski definition) is 4. The Labute approximate surface area is 134 Å². The molecule has 2 N–H and O–H groups in total. The number of aromatic hydroxyl groups is 1. The molecule has 23 heavy (non-hydrogen) atoms. The zero-order chi connectivity index (χ0) is 16.8. The van der Waals surface area contributed by atoms with Crippen LogP contribution in [0.5, 0.6) is 11.5 Å². The molecular weight excluding hydrogens is 296 g/mol. The molecule has 2 rings (SSSR count). The van der Waals surface area contributed by atoms with Crippen LogP contribution < -0.4 is 15.6 Å². The molecule has 2 aromatic rings. The molecule has 0 saturated heterocycles. The molecule has 0 saturated carbocycles. The quantitative estimate of drug-likeness (QED) is 0.840. The highest BCUT2D eigenvalue weighted by Crippen LogP contribution is 2.11. The maximum atomic E-state index is 11.9. The molecule has 1 amide bonds. The van der Waals surface area contributed by atoms with Crippen molar-refractivity contribution in [1.29, 1.82) is 0 Å². The van der Waals surface area contributed by atoms with Crippen molar-refractivity contribution in [2.45, 2.75) is 19.9 Å². The van der Waals surface area contributed by atoms with E-state index in [0.717, 1.165) is 17.4 Å². The van der Waals surface area contributed by atoms with Gasteiger partial charge in [0.1, 0.15) is 18.0 Å². The van der Waals surface area contributed by atoms with Gasteiger partial charge in [0.15, 0.2) is 0 Å². The molecule has 0 aliphatic carbocycles. The molecule has 122 valence electrons. The van der Waals surface area contributed by atoms with Crippen molar-refractivity contribution in [3.05, 3.63) is 58.0 Å². The number of ether oxygens (including phenoxy) is 1. The standard InChI is InChI=1S/C17H20N2O4/c1-12-9-14(20)10-17(22)19(12)11-16(21)18-8-7-13-3-5-15(23-2)6-4-13/h3-6,9-10,20H,7-8,11H2,1-2H3,(H,18,21). The molecule has 0 spiro atoms. The number of carbonyl (C=O) groups excluding carboxylic acids is 1. The van der Waals surface area contributed by atoms with Crippen LogP contribution in [0.15, 0.2) is 41.2 Å². The fourth-order valence-corrected chi connectivity index (χ4v) is 2.25. The number of carbonyl (C=O) groups is 1. The highest BCUT2D eigenvalue weighted by atomic mass is 16.5. The smallest absolute Gasteiger partial charge is 0.254 e. The molecule has 1 heterocycles. The number of nitrogens with zero attached hydrogens (tertiary/aromatic N) is 1. The van der Waals surface area contributed by atoms with Crippen molar-refractivity contribution < 1.29 is 14.6 Å². The van der Waals surface area contributed by atoms with Crippen LogP contribution in [0.1, 0.15) is 11.3 Å². The van der Waals surface area contributed by atoms with Gasteiger partial charge >= 0.3 is 0 Å². The Morgan fingerprint density at radius 2 is 1.96 bits per heavy atom. The normalized spacial score (nSPS) is 10.3. The van der Waals surface area contributed by atoms with E-state index in [4.69, 9.17) is 4.74 Å². The van der Waals surface area contributed by atoms with Crippen LogP contribution in [0, 0.1) is 6.92 Å². The van der Waals surface area contributed by atoms with E-state index in [0.29, 0.717) is 18.7 Å². The van der Waals surface area contributed by atoms with Crippen LogP contribution in [-0.2, 0) is 17.8 Å². The number of aromatic nitrogens is 1. The van der Waals surface area contributed by atoms with Crippen molar-refractivity contribution >= 4 is 5.91 Å². The summed E-state index contributed by atoms with van der Waals surface area (Å²) in [6.45, 7) is 2.09. The van der Waals surface area contributed by atoms with Gasteiger partial charge in [-0.1, -0.05) is 12.1 Å². The predicted octanol–water partition coefficient (Wildman–Crippen LogP) is 1.23. The SMILES string of the molecule is COc1ccc(CCNC(=O)Cn2c(C)cc(O)cc2=O)cc1. The van der Waals surface area contributed by atoms with Gasteiger partial charge in [-0.3, -0.25) is 9.59 Å². The number of aryl methyl sites for hydroxylation is 1. The maximum absolute atomic E-state index is 11.9. The van der Waals surface area contributed by atoms with E-state index in [2.05, 4.69) is 5.32 Å². The van der Waals surface area contributed by atoms with E-state index in [1.807, 2.05) is 24.3 Å². The first-order chi connectivity index (χ1) is 11.0. The van der Waals surface area contributed by atoms with Crippen LogP contribution in [0.2, 0.25) is 0 Å². The average molecular weight is 316 g/mol. The van der Waals surface area contributed by atoms with Crippen molar-refractivity contribution in [2.75, 3.05) is 13.7 Å².